The van der Waals surface area contributed by atoms with Gasteiger partial charge in [-0.1, -0.05) is 25.7 Å². The van der Waals surface area contributed by atoms with E-state index in [1.807, 2.05) is 0 Å². The van der Waals surface area contributed by atoms with Gasteiger partial charge in [0.25, 0.3) is 0 Å². The smallest absolute Gasteiger partial charge is 0.244 e. The third-order valence-corrected chi connectivity index (χ3v) is 3.96. The van der Waals surface area contributed by atoms with Crippen molar-refractivity contribution in [1.82, 2.24) is 10.2 Å². The van der Waals surface area contributed by atoms with Crippen molar-refractivity contribution in [3.63, 3.8) is 0 Å². The van der Waals surface area contributed by atoms with Crippen molar-refractivity contribution in [2.24, 2.45) is 10.7 Å². The fraction of sp³-hybridized carbons (Fsp3) is 0.857. The minimum absolute atomic E-state index is 0.0268. The summed E-state index contributed by atoms with van der Waals surface area (Å²) in [7, 11) is 0. The van der Waals surface area contributed by atoms with Gasteiger partial charge in [0.15, 0.2) is 5.96 Å². The van der Waals surface area contributed by atoms with Crippen LogP contribution in [0.1, 0.15) is 38.5 Å². The summed E-state index contributed by atoms with van der Waals surface area (Å²) in [6.45, 7) is 2.68. The highest BCUT2D eigenvalue weighted by molar-refractivity contribution is 5.84. The number of amides is 1. The Hall–Kier alpha value is -1.30. The Morgan fingerprint density at radius 2 is 1.85 bits per heavy atom. The van der Waals surface area contributed by atoms with E-state index in [1.165, 1.54) is 25.7 Å². The van der Waals surface area contributed by atoms with Gasteiger partial charge in [0.2, 0.25) is 5.91 Å². The standard InChI is InChI=1S/C14H26N4O2/c15-14(17-12-5-3-1-2-4-6-12)16-11-13(19)18-7-9-20-10-8-18/h12H,1-11H2,(H3,15,16,17). The normalized spacial score (nSPS) is 22.4. The van der Waals surface area contributed by atoms with Gasteiger partial charge in [0, 0.05) is 19.1 Å². The summed E-state index contributed by atoms with van der Waals surface area (Å²) < 4.78 is 5.22. The fourth-order valence-corrected chi connectivity index (χ4v) is 2.74. The molecule has 0 unspecified atom stereocenters. The quantitative estimate of drug-likeness (QED) is 0.448. The Kier molecular flexibility index (Phi) is 6.11. The van der Waals surface area contributed by atoms with Gasteiger partial charge in [-0.25, -0.2) is 4.99 Å². The van der Waals surface area contributed by atoms with Crippen LogP contribution >= 0.6 is 0 Å². The molecule has 3 N–H and O–H groups in total. The minimum Gasteiger partial charge on any atom is -0.378 e. The first-order chi connectivity index (χ1) is 9.75. The second kappa shape index (κ2) is 8.09. The summed E-state index contributed by atoms with van der Waals surface area (Å²) in [6.07, 6.45) is 7.41. The number of carbonyl (C=O) groups is 1. The molecule has 1 aliphatic carbocycles. The Labute approximate surface area is 120 Å². The molecule has 6 heteroatoms. The molecule has 6 nitrogen and oxygen atoms in total. The van der Waals surface area contributed by atoms with E-state index in [-0.39, 0.29) is 12.5 Å². The largest absolute Gasteiger partial charge is 0.378 e. The zero-order chi connectivity index (χ0) is 14.2. The van der Waals surface area contributed by atoms with Crippen molar-refractivity contribution in [2.75, 3.05) is 32.8 Å². The van der Waals surface area contributed by atoms with E-state index in [0.717, 1.165) is 12.8 Å². The second-order valence-electron chi connectivity index (χ2n) is 5.53. The average Bonchev–Trinajstić information content (AvgIpc) is 2.74. The van der Waals surface area contributed by atoms with Gasteiger partial charge in [-0.15, -0.1) is 0 Å². The predicted octanol–water partition coefficient (Wildman–Crippen LogP) is 0.472. The number of morpholine rings is 1. The van der Waals surface area contributed by atoms with E-state index in [2.05, 4.69) is 10.3 Å². The lowest BCUT2D eigenvalue weighted by Gasteiger charge is -2.26. The maximum atomic E-state index is 11.9. The number of guanidine groups is 1. The molecule has 1 aliphatic heterocycles. The highest BCUT2D eigenvalue weighted by atomic mass is 16.5. The Bertz CT molecular complexity index is 332. The van der Waals surface area contributed by atoms with E-state index >= 15 is 0 Å². The summed E-state index contributed by atoms with van der Waals surface area (Å²) in [4.78, 5) is 17.9. The summed E-state index contributed by atoms with van der Waals surface area (Å²) in [5, 5.41) is 3.25. The number of nitrogens with two attached hydrogens (primary N) is 1. The van der Waals surface area contributed by atoms with Crippen molar-refractivity contribution in [2.45, 2.75) is 44.6 Å². The molecule has 0 aromatic heterocycles. The van der Waals surface area contributed by atoms with E-state index in [0.29, 0.717) is 38.3 Å². The van der Waals surface area contributed by atoms with Gasteiger partial charge in [-0.2, -0.15) is 0 Å². The predicted molar refractivity (Wildman–Crippen MR) is 78.5 cm³/mol. The molecule has 0 aromatic rings. The van der Waals surface area contributed by atoms with Crippen LogP contribution in [0.25, 0.3) is 0 Å². The summed E-state index contributed by atoms with van der Waals surface area (Å²) in [5.74, 6) is 0.428. The number of nitrogens with one attached hydrogen (secondary N) is 1. The lowest BCUT2D eigenvalue weighted by atomic mass is 10.1. The SMILES string of the molecule is NC(=NCC(=O)N1CCOCC1)NC1CCCCCC1. The zero-order valence-electron chi connectivity index (χ0n) is 12.1. The van der Waals surface area contributed by atoms with Crippen molar-refractivity contribution < 1.29 is 9.53 Å². The minimum atomic E-state index is 0.0268. The average molecular weight is 282 g/mol. The lowest BCUT2D eigenvalue weighted by molar-refractivity contribution is -0.133. The fourth-order valence-electron chi connectivity index (χ4n) is 2.74. The van der Waals surface area contributed by atoms with E-state index < -0.39 is 0 Å². The number of ether oxygens (including phenoxy) is 1. The zero-order valence-corrected chi connectivity index (χ0v) is 12.1. The molecule has 2 fully saturated rings. The van der Waals surface area contributed by atoms with Crippen LogP contribution in [-0.4, -0.2) is 55.7 Å². The van der Waals surface area contributed by atoms with Crippen LogP contribution in [0.15, 0.2) is 4.99 Å². The number of hydrogen-bond acceptors (Lipinski definition) is 3. The topological polar surface area (TPSA) is 80.0 Å². The highest BCUT2D eigenvalue weighted by Crippen LogP contribution is 2.16. The number of carbonyl (C=O) groups excluding carboxylic acids is 1. The molecule has 1 heterocycles. The van der Waals surface area contributed by atoms with Gasteiger partial charge >= 0.3 is 0 Å². The van der Waals surface area contributed by atoms with Gasteiger partial charge in [-0.05, 0) is 12.8 Å². The molecule has 114 valence electrons. The molecule has 0 spiro atoms. The monoisotopic (exact) mass is 282 g/mol. The maximum Gasteiger partial charge on any atom is 0.244 e. The number of aliphatic imine (C=N–C) groups is 1. The van der Waals surface area contributed by atoms with Crippen molar-refractivity contribution in [3.05, 3.63) is 0 Å². The number of rotatable bonds is 3. The third kappa shape index (κ3) is 5.00. The van der Waals surface area contributed by atoms with Crippen LogP contribution in [0.3, 0.4) is 0 Å². The Morgan fingerprint density at radius 1 is 1.20 bits per heavy atom. The summed E-state index contributed by atoms with van der Waals surface area (Å²) in [5.41, 5.74) is 5.88. The number of hydrogen-bond donors (Lipinski definition) is 2. The third-order valence-electron chi connectivity index (χ3n) is 3.96. The van der Waals surface area contributed by atoms with Crippen LogP contribution in [0, 0.1) is 0 Å². The van der Waals surface area contributed by atoms with E-state index in [1.54, 1.807) is 4.90 Å². The molecule has 2 aliphatic rings. The Balaban J connectivity index is 1.73. The van der Waals surface area contributed by atoms with Crippen LogP contribution in [0.5, 0.6) is 0 Å². The molecule has 20 heavy (non-hydrogen) atoms. The van der Waals surface area contributed by atoms with Crippen LogP contribution < -0.4 is 11.1 Å². The Morgan fingerprint density at radius 3 is 2.50 bits per heavy atom. The molecular formula is C14H26N4O2. The molecule has 1 saturated heterocycles. The molecule has 1 amide bonds. The first-order valence-electron chi connectivity index (χ1n) is 7.67. The van der Waals surface area contributed by atoms with Gasteiger partial charge in [0.05, 0.1) is 13.2 Å². The van der Waals surface area contributed by atoms with Gasteiger partial charge < -0.3 is 20.7 Å². The molecule has 2 rings (SSSR count). The van der Waals surface area contributed by atoms with Gasteiger partial charge in [-0.3, -0.25) is 4.79 Å². The molecule has 0 radical (unpaired) electrons. The van der Waals surface area contributed by atoms with Crippen molar-refractivity contribution >= 4 is 11.9 Å². The van der Waals surface area contributed by atoms with Gasteiger partial charge in [0.1, 0.15) is 6.54 Å². The highest BCUT2D eigenvalue weighted by Gasteiger charge is 2.16. The molecule has 0 atom stereocenters. The van der Waals surface area contributed by atoms with Crippen LogP contribution in [0.4, 0.5) is 0 Å². The van der Waals surface area contributed by atoms with Crippen molar-refractivity contribution in [3.8, 4) is 0 Å². The number of nitrogens with zero attached hydrogens (tertiary/aromatic N) is 2. The maximum absolute atomic E-state index is 11.9. The lowest BCUT2D eigenvalue weighted by Crippen LogP contribution is -2.43. The molecular weight excluding hydrogens is 256 g/mol. The van der Waals surface area contributed by atoms with E-state index in [9.17, 15) is 4.79 Å². The first-order valence-corrected chi connectivity index (χ1v) is 7.67. The second-order valence-corrected chi connectivity index (χ2v) is 5.53. The molecule has 0 bridgehead atoms. The summed E-state index contributed by atoms with van der Waals surface area (Å²) >= 11 is 0. The van der Waals surface area contributed by atoms with Crippen LogP contribution in [0.2, 0.25) is 0 Å². The van der Waals surface area contributed by atoms with Crippen LogP contribution in [-0.2, 0) is 9.53 Å². The molecule has 0 aromatic carbocycles. The van der Waals surface area contributed by atoms with Crippen molar-refractivity contribution in [1.29, 1.82) is 0 Å². The van der Waals surface area contributed by atoms with E-state index in [4.69, 9.17) is 10.5 Å². The molecule has 1 saturated carbocycles. The summed E-state index contributed by atoms with van der Waals surface area (Å²) in [6, 6.07) is 0.416. The first kappa shape index (κ1) is 15.1.